The minimum absolute atomic E-state index is 0.265. The van der Waals surface area contributed by atoms with Crippen LogP contribution in [0.4, 0.5) is 17.3 Å². The van der Waals surface area contributed by atoms with Crippen LogP contribution in [0.25, 0.3) is 0 Å². The van der Waals surface area contributed by atoms with Crippen LogP contribution in [0.15, 0.2) is 48.7 Å². The molecule has 0 aliphatic carbocycles. The molecular formula is C21H22N4O. The maximum absolute atomic E-state index is 12.5. The van der Waals surface area contributed by atoms with Gasteiger partial charge in [-0.25, -0.2) is 9.97 Å². The van der Waals surface area contributed by atoms with Crippen LogP contribution in [0.5, 0.6) is 0 Å². The van der Waals surface area contributed by atoms with Gasteiger partial charge in [-0.05, 0) is 62.6 Å². The minimum atomic E-state index is -0.265. The second-order valence-corrected chi connectivity index (χ2v) is 6.49. The van der Waals surface area contributed by atoms with Crippen LogP contribution in [0, 0.1) is 27.7 Å². The van der Waals surface area contributed by atoms with Crippen LogP contribution in [-0.2, 0) is 0 Å². The van der Waals surface area contributed by atoms with Crippen molar-refractivity contribution in [3.8, 4) is 0 Å². The highest BCUT2D eigenvalue weighted by molar-refractivity contribution is 6.03. The average molecular weight is 346 g/mol. The number of benzene rings is 2. The smallest absolute Gasteiger partial charge is 0.274 e. The zero-order valence-electron chi connectivity index (χ0n) is 15.4. The number of amides is 1. The first-order valence-corrected chi connectivity index (χ1v) is 8.48. The van der Waals surface area contributed by atoms with E-state index in [0.717, 1.165) is 28.1 Å². The fraction of sp³-hybridized carbons (Fsp3) is 0.190. The Morgan fingerprint density at radius 2 is 1.65 bits per heavy atom. The lowest BCUT2D eigenvalue weighted by atomic mass is 10.1. The summed E-state index contributed by atoms with van der Waals surface area (Å²) in [7, 11) is 0. The van der Waals surface area contributed by atoms with Gasteiger partial charge in [-0.3, -0.25) is 4.79 Å². The second-order valence-electron chi connectivity index (χ2n) is 6.49. The molecule has 1 aromatic heterocycles. The number of hydrogen-bond acceptors (Lipinski definition) is 4. The van der Waals surface area contributed by atoms with Gasteiger partial charge in [-0.1, -0.05) is 29.8 Å². The molecule has 3 rings (SSSR count). The molecule has 0 atom stereocenters. The fourth-order valence-corrected chi connectivity index (χ4v) is 2.95. The summed E-state index contributed by atoms with van der Waals surface area (Å²) in [4.78, 5) is 21.1. The SMILES string of the molecule is Cc1cccc(NC(=O)c2ccnc(Nc3c(C)cc(C)cc3C)n2)c1. The van der Waals surface area contributed by atoms with Crippen LogP contribution in [0.1, 0.15) is 32.7 Å². The predicted molar refractivity (Wildman–Crippen MR) is 105 cm³/mol. The topological polar surface area (TPSA) is 66.9 Å². The van der Waals surface area contributed by atoms with Crippen molar-refractivity contribution in [1.82, 2.24) is 9.97 Å². The molecule has 0 unspecified atom stereocenters. The Labute approximate surface area is 153 Å². The number of aromatic nitrogens is 2. The molecule has 0 spiro atoms. The van der Waals surface area contributed by atoms with E-state index < -0.39 is 0 Å². The van der Waals surface area contributed by atoms with Crippen LogP contribution in [0.2, 0.25) is 0 Å². The first-order chi connectivity index (χ1) is 12.4. The molecule has 2 N–H and O–H groups in total. The van der Waals surface area contributed by atoms with Crippen molar-refractivity contribution in [2.24, 2.45) is 0 Å². The Morgan fingerprint density at radius 3 is 2.35 bits per heavy atom. The summed E-state index contributed by atoms with van der Waals surface area (Å²) in [6.07, 6.45) is 1.58. The van der Waals surface area contributed by atoms with E-state index in [1.165, 1.54) is 5.56 Å². The molecule has 0 aliphatic rings. The highest BCUT2D eigenvalue weighted by Gasteiger charge is 2.11. The first-order valence-electron chi connectivity index (χ1n) is 8.48. The van der Waals surface area contributed by atoms with E-state index in [0.29, 0.717) is 11.6 Å². The number of aryl methyl sites for hydroxylation is 4. The van der Waals surface area contributed by atoms with Crippen molar-refractivity contribution in [3.05, 3.63) is 76.6 Å². The van der Waals surface area contributed by atoms with E-state index in [2.05, 4.69) is 39.7 Å². The van der Waals surface area contributed by atoms with Gasteiger partial charge in [0.05, 0.1) is 0 Å². The molecule has 0 radical (unpaired) electrons. The number of nitrogens with zero attached hydrogens (tertiary/aromatic N) is 2. The number of carbonyl (C=O) groups excluding carboxylic acids is 1. The molecule has 0 fully saturated rings. The number of nitrogens with one attached hydrogen (secondary N) is 2. The maximum Gasteiger partial charge on any atom is 0.274 e. The molecule has 5 nitrogen and oxygen atoms in total. The van der Waals surface area contributed by atoms with Crippen LogP contribution < -0.4 is 10.6 Å². The van der Waals surface area contributed by atoms with E-state index in [9.17, 15) is 4.79 Å². The van der Waals surface area contributed by atoms with Crippen molar-refractivity contribution < 1.29 is 4.79 Å². The zero-order chi connectivity index (χ0) is 18.7. The van der Waals surface area contributed by atoms with Crippen molar-refractivity contribution in [1.29, 1.82) is 0 Å². The number of rotatable bonds is 4. The summed E-state index contributed by atoms with van der Waals surface area (Å²) >= 11 is 0. The molecule has 26 heavy (non-hydrogen) atoms. The maximum atomic E-state index is 12.5. The van der Waals surface area contributed by atoms with Gasteiger partial charge in [-0.2, -0.15) is 0 Å². The summed E-state index contributed by atoms with van der Waals surface area (Å²) in [5.41, 5.74) is 6.53. The van der Waals surface area contributed by atoms with Gasteiger partial charge in [-0.15, -0.1) is 0 Å². The van der Waals surface area contributed by atoms with Crippen molar-refractivity contribution in [2.45, 2.75) is 27.7 Å². The van der Waals surface area contributed by atoms with Crippen LogP contribution in [0.3, 0.4) is 0 Å². The molecule has 0 bridgehead atoms. The van der Waals surface area contributed by atoms with Gasteiger partial charge in [0.1, 0.15) is 5.69 Å². The van der Waals surface area contributed by atoms with E-state index >= 15 is 0 Å². The lowest BCUT2D eigenvalue weighted by Gasteiger charge is -2.13. The second kappa shape index (κ2) is 7.35. The van der Waals surface area contributed by atoms with Gasteiger partial charge in [0.15, 0.2) is 0 Å². The quantitative estimate of drug-likeness (QED) is 0.718. The summed E-state index contributed by atoms with van der Waals surface area (Å²) in [5, 5.41) is 6.10. The van der Waals surface area contributed by atoms with Crippen LogP contribution >= 0.6 is 0 Å². The summed E-state index contributed by atoms with van der Waals surface area (Å²) in [6.45, 7) is 8.12. The Bertz CT molecular complexity index is 943. The summed E-state index contributed by atoms with van der Waals surface area (Å²) in [6, 6.07) is 13.5. The van der Waals surface area contributed by atoms with Crippen molar-refractivity contribution in [2.75, 3.05) is 10.6 Å². The lowest BCUT2D eigenvalue weighted by Crippen LogP contribution is -2.15. The summed E-state index contributed by atoms with van der Waals surface area (Å²) in [5.74, 6) is 0.135. The molecule has 0 saturated carbocycles. The van der Waals surface area contributed by atoms with Gasteiger partial charge in [0.2, 0.25) is 5.95 Å². The zero-order valence-corrected chi connectivity index (χ0v) is 15.4. The Balaban J connectivity index is 1.81. The standard InChI is InChI=1S/C21H22N4O/c1-13-6-5-7-17(12-13)23-20(26)18-8-9-22-21(24-18)25-19-15(3)10-14(2)11-16(19)4/h5-12H,1-4H3,(H,23,26)(H,22,24,25). The largest absolute Gasteiger partial charge is 0.324 e. The Hall–Kier alpha value is -3.21. The molecule has 0 saturated heterocycles. The molecule has 2 aromatic carbocycles. The molecule has 132 valence electrons. The Morgan fingerprint density at radius 1 is 0.923 bits per heavy atom. The molecule has 3 aromatic rings. The van der Waals surface area contributed by atoms with E-state index in [1.807, 2.05) is 45.0 Å². The first kappa shape index (κ1) is 17.6. The highest BCUT2D eigenvalue weighted by atomic mass is 16.1. The monoisotopic (exact) mass is 346 g/mol. The van der Waals surface area contributed by atoms with Gasteiger partial charge in [0.25, 0.3) is 5.91 Å². The van der Waals surface area contributed by atoms with Gasteiger partial charge < -0.3 is 10.6 Å². The third-order valence-electron chi connectivity index (χ3n) is 4.08. The minimum Gasteiger partial charge on any atom is -0.324 e. The number of anilines is 3. The predicted octanol–water partition coefficient (Wildman–Crippen LogP) is 4.71. The normalized spacial score (nSPS) is 10.5. The Kier molecular flexibility index (Phi) is 4.98. The molecule has 1 amide bonds. The molecule has 1 heterocycles. The lowest BCUT2D eigenvalue weighted by molar-refractivity contribution is 0.102. The third-order valence-corrected chi connectivity index (χ3v) is 4.08. The van der Waals surface area contributed by atoms with Gasteiger partial charge >= 0.3 is 0 Å². The summed E-state index contributed by atoms with van der Waals surface area (Å²) < 4.78 is 0. The van der Waals surface area contributed by atoms with Gasteiger partial charge in [0, 0.05) is 17.6 Å². The van der Waals surface area contributed by atoms with Crippen LogP contribution in [-0.4, -0.2) is 15.9 Å². The van der Waals surface area contributed by atoms with Crippen molar-refractivity contribution >= 4 is 23.2 Å². The highest BCUT2D eigenvalue weighted by Crippen LogP contribution is 2.24. The molecule has 5 heteroatoms. The number of carbonyl (C=O) groups is 1. The third kappa shape index (κ3) is 4.06. The van der Waals surface area contributed by atoms with E-state index in [4.69, 9.17) is 0 Å². The fourth-order valence-electron chi connectivity index (χ4n) is 2.95. The molecule has 0 aliphatic heterocycles. The van der Waals surface area contributed by atoms with E-state index in [-0.39, 0.29) is 5.91 Å². The number of hydrogen-bond donors (Lipinski definition) is 2. The van der Waals surface area contributed by atoms with Crippen molar-refractivity contribution in [3.63, 3.8) is 0 Å². The average Bonchev–Trinajstić information content (AvgIpc) is 2.58. The molecular weight excluding hydrogens is 324 g/mol. The van der Waals surface area contributed by atoms with E-state index in [1.54, 1.807) is 12.3 Å².